The second-order valence-corrected chi connectivity index (χ2v) is 5.43. The molecule has 0 fully saturated rings. The first kappa shape index (κ1) is 15.2. The fourth-order valence-electron chi connectivity index (χ4n) is 2.39. The minimum atomic E-state index is 0.223. The summed E-state index contributed by atoms with van der Waals surface area (Å²) in [6.45, 7) is 4.39. The first-order chi connectivity index (χ1) is 8.74. The van der Waals surface area contributed by atoms with Crippen LogP contribution >= 0.6 is 0 Å². The van der Waals surface area contributed by atoms with Crippen LogP contribution in [0, 0.1) is 6.92 Å². The zero-order valence-corrected chi connectivity index (χ0v) is 12.1. The lowest BCUT2D eigenvalue weighted by molar-refractivity contribution is 0.541. The minimum Gasteiger partial charge on any atom is -0.324 e. The summed E-state index contributed by atoms with van der Waals surface area (Å²) in [6, 6.07) is 8.82. The smallest absolute Gasteiger partial charge is 0.0294 e. The first-order valence-electron chi connectivity index (χ1n) is 7.56. The molecule has 0 heterocycles. The molecule has 0 aliphatic carbocycles. The van der Waals surface area contributed by atoms with Gasteiger partial charge in [-0.2, -0.15) is 0 Å². The van der Waals surface area contributed by atoms with Crippen molar-refractivity contribution in [1.29, 1.82) is 0 Å². The van der Waals surface area contributed by atoms with Gasteiger partial charge in [0, 0.05) is 6.04 Å². The standard InChI is InChI=1S/C17H29N/c1-3-4-5-6-7-8-9-13-17(18)16-12-10-11-15(2)14-16/h10-12,14,17H,3-9,13,18H2,1-2H3. The first-order valence-corrected chi connectivity index (χ1v) is 7.56. The number of benzene rings is 1. The summed E-state index contributed by atoms with van der Waals surface area (Å²) >= 11 is 0. The fraction of sp³-hybridized carbons (Fsp3) is 0.647. The van der Waals surface area contributed by atoms with E-state index >= 15 is 0 Å². The Morgan fingerprint density at radius 2 is 1.67 bits per heavy atom. The molecule has 1 aromatic rings. The van der Waals surface area contributed by atoms with Crippen LogP contribution in [0.1, 0.15) is 75.5 Å². The zero-order chi connectivity index (χ0) is 13.2. The number of unbranched alkanes of at least 4 members (excludes halogenated alkanes) is 6. The highest BCUT2D eigenvalue weighted by Gasteiger charge is 2.05. The summed E-state index contributed by atoms with van der Waals surface area (Å²) in [4.78, 5) is 0. The molecular formula is C17H29N. The van der Waals surface area contributed by atoms with Gasteiger partial charge in [0.2, 0.25) is 0 Å². The van der Waals surface area contributed by atoms with Crippen LogP contribution in [0.2, 0.25) is 0 Å². The van der Waals surface area contributed by atoms with Gasteiger partial charge in [0.25, 0.3) is 0 Å². The summed E-state index contributed by atoms with van der Waals surface area (Å²) in [5.41, 5.74) is 8.83. The lowest BCUT2D eigenvalue weighted by Gasteiger charge is -2.12. The molecule has 0 aliphatic rings. The van der Waals surface area contributed by atoms with E-state index < -0.39 is 0 Å². The molecule has 0 saturated heterocycles. The molecule has 0 radical (unpaired) electrons. The van der Waals surface area contributed by atoms with E-state index in [1.54, 1.807) is 0 Å². The Morgan fingerprint density at radius 3 is 2.33 bits per heavy atom. The third-order valence-corrected chi connectivity index (χ3v) is 3.59. The highest BCUT2D eigenvalue weighted by Crippen LogP contribution is 2.19. The van der Waals surface area contributed by atoms with E-state index in [1.165, 1.54) is 56.1 Å². The minimum absolute atomic E-state index is 0.223. The fourth-order valence-corrected chi connectivity index (χ4v) is 2.39. The number of aryl methyl sites for hydroxylation is 1. The van der Waals surface area contributed by atoms with Crippen LogP contribution in [-0.4, -0.2) is 0 Å². The van der Waals surface area contributed by atoms with Crippen molar-refractivity contribution in [2.45, 2.75) is 71.3 Å². The van der Waals surface area contributed by atoms with Crippen molar-refractivity contribution in [2.75, 3.05) is 0 Å². The maximum Gasteiger partial charge on any atom is 0.0294 e. The summed E-state index contributed by atoms with van der Waals surface area (Å²) in [6.07, 6.45) is 10.6. The summed E-state index contributed by atoms with van der Waals surface area (Å²) in [5, 5.41) is 0. The molecule has 0 spiro atoms. The molecular weight excluding hydrogens is 218 g/mol. The van der Waals surface area contributed by atoms with Crippen molar-refractivity contribution in [3.05, 3.63) is 35.4 Å². The second-order valence-electron chi connectivity index (χ2n) is 5.43. The van der Waals surface area contributed by atoms with Gasteiger partial charge in [-0.25, -0.2) is 0 Å². The van der Waals surface area contributed by atoms with Crippen molar-refractivity contribution < 1.29 is 0 Å². The van der Waals surface area contributed by atoms with Gasteiger partial charge in [-0.15, -0.1) is 0 Å². The van der Waals surface area contributed by atoms with E-state index in [0.29, 0.717) is 0 Å². The summed E-state index contributed by atoms with van der Waals surface area (Å²) < 4.78 is 0. The topological polar surface area (TPSA) is 26.0 Å². The van der Waals surface area contributed by atoms with Gasteiger partial charge in [-0.3, -0.25) is 0 Å². The van der Waals surface area contributed by atoms with Gasteiger partial charge in [0.05, 0.1) is 0 Å². The highest BCUT2D eigenvalue weighted by atomic mass is 14.6. The number of hydrogen-bond acceptors (Lipinski definition) is 1. The molecule has 2 N–H and O–H groups in total. The van der Waals surface area contributed by atoms with Crippen LogP contribution in [-0.2, 0) is 0 Å². The van der Waals surface area contributed by atoms with E-state index in [0.717, 1.165) is 6.42 Å². The van der Waals surface area contributed by atoms with Gasteiger partial charge < -0.3 is 5.73 Å². The Morgan fingerprint density at radius 1 is 1.00 bits per heavy atom. The summed E-state index contributed by atoms with van der Waals surface area (Å²) in [5.74, 6) is 0. The largest absolute Gasteiger partial charge is 0.324 e. The Kier molecular flexibility index (Phi) is 7.75. The maximum atomic E-state index is 6.23. The van der Waals surface area contributed by atoms with Crippen molar-refractivity contribution in [3.63, 3.8) is 0 Å². The molecule has 18 heavy (non-hydrogen) atoms. The van der Waals surface area contributed by atoms with E-state index in [4.69, 9.17) is 5.73 Å². The van der Waals surface area contributed by atoms with Crippen LogP contribution in [0.15, 0.2) is 24.3 Å². The molecule has 1 unspecified atom stereocenters. The Balaban J connectivity index is 2.12. The molecule has 1 heteroatoms. The predicted octanol–water partition coefficient (Wildman–Crippen LogP) is 5.14. The molecule has 1 atom stereocenters. The molecule has 1 nitrogen and oxygen atoms in total. The Hall–Kier alpha value is -0.820. The normalized spacial score (nSPS) is 12.6. The van der Waals surface area contributed by atoms with Crippen LogP contribution < -0.4 is 5.73 Å². The molecule has 1 rings (SSSR count). The van der Waals surface area contributed by atoms with Crippen LogP contribution in [0.3, 0.4) is 0 Å². The summed E-state index contributed by atoms with van der Waals surface area (Å²) in [7, 11) is 0. The predicted molar refractivity (Wildman–Crippen MR) is 80.7 cm³/mol. The van der Waals surface area contributed by atoms with E-state index in [-0.39, 0.29) is 6.04 Å². The van der Waals surface area contributed by atoms with Crippen molar-refractivity contribution in [2.24, 2.45) is 5.73 Å². The number of rotatable bonds is 9. The monoisotopic (exact) mass is 247 g/mol. The van der Waals surface area contributed by atoms with E-state index in [1.807, 2.05) is 0 Å². The third kappa shape index (κ3) is 6.20. The van der Waals surface area contributed by atoms with E-state index in [9.17, 15) is 0 Å². The molecule has 0 aromatic heterocycles. The Labute approximate surface area is 113 Å². The zero-order valence-electron chi connectivity index (χ0n) is 12.1. The lowest BCUT2D eigenvalue weighted by atomic mass is 9.99. The van der Waals surface area contributed by atoms with Gasteiger partial charge >= 0.3 is 0 Å². The van der Waals surface area contributed by atoms with Crippen LogP contribution in [0.25, 0.3) is 0 Å². The third-order valence-electron chi connectivity index (χ3n) is 3.59. The molecule has 102 valence electrons. The quantitative estimate of drug-likeness (QED) is 0.601. The molecule has 1 aromatic carbocycles. The average molecular weight is 247 g/mol. The van der Waals surface area contributed by atoms with E-state index in [2.05, 4.69) is 38.1 Å². The number of hydrogen-bond donors (Lipinski definition) is 1. The van der Waals surface area contributed by atoms with Gasteiger partial charge in [0.1, 0.15) is 0 Å². The van der Waals surface area contributed by atoms with Gasteiger partial charge in [-0.1, -0.05) is 81.7 Å². The molecule has 0 amide bonds. The maximum absolute atomic E-state index is 6.23. The van der Waals surface area contributed by atoms with Crippen LogP contribution in [0.5, 0.6) is 0 Å². The highest BCUT2D eigenvalue weighted by molar-refractivity contribution is 5.24. The Bertz CT molecular complexity index is 319. The lowest BCUT2D eigenvalue weighted by Crippen LogP contribution is -2.10. The average Bonchev–Trinajstić information content (AvgIpc) is 2.37. The van der Waals surface area contributed by atoms with Crippen LogP contribution in [0.4, 0.5) is 0 Å². The van der Waals surface area contributed by atoms with Crippen molar-refractivity contribution >= 4 is 0 Å². The van der Waals surface area contributed by atoms with Gasteiger partial charge in [0.15, 0.2) is 0 Å². The molecule has 0 aliphatic heterocycles. The van der Waals surface area contributed by atoms with Gasteiger partial charge in [-0.05, 0) is 18.9 Å². The van der Waals surface area contributed by atoms with Crippen molar-refractivity contribution in [3.8, 4) is 0 Å². The SMILES string of the molecule is CCCCCCCCCC(N)c1cccc(C)c1. The molecule has 0 saturated carbocycles. The molecule has 0 bridgehead atoms. The van der Waals surface area contributed by atoms with Crippen molar-refractivity contribution in [1.82, 2.24) is 0 Å². The second kappa shape index (κ2) is 9.16. The number of nitrogens with two attached hydrogens (primary N) is 1.